The molecule has 0 fully saturated rings. The molecule has 9 heteroatoms. The average Bonchev–Trinajstić information content (AvgIpc) is 3.13. The molecular weight excluding hydrogens is 483 g/mol. The molecule has 0 saturated carbocycles. The lowest BCUT2D eigenvalue weighted by atomic mass is 10.1. The number of aromatic nitrogens is 3. The smallest absolute Gasteiger partial charge is 0.234 e. The Bertz CT molecular complexity index is 1260. The molecule has 0 saturated heterocycles. The highest BCUT2D eigenvalue weighted by Crippen LogP contribution is 2.27. The number of rotatable bonds is 8. The number of halogens is 2. The average molecular weight is 503 g/mol. The third-order valence-corrected chi connectivity index (χ3v) is 7.41. The Morgan fingerprint density at radius 3 is 2.69 bits per heavy atom. The molecule has 0 unspecified atom stereocenters. The number of carbonyl (C=O) groups excluding carboxylic acids is 1. The van der Waals surface area contributed by atoms with Crippen molar-refractivity contribution in [3.05, 3.63) is 82.1 Å². The molecule has 1 heterocycles. The van der Waals surface area contributed by atoms with Crippen LogP contribution >= 0.6 is 46.7 Å². The highest BCUT2D eigenvalue weighted by molar-refractivity contribution is 7.99. The van der Waals surface area contributed by atoms with Crippen molar-refractivity contribution in [1.29, 1.82) is 0 Å². The standard InChI is InChI=1S/C23H20Cl2N4OS2/c1-29-21(13-31-12-16-9-10-17(24)11-19(16)25)27-28-23(29)32-14-22(30)26-20-8-4-6-15-5-2-3-7-18(15)20/h2-11H,12-14H2,1H3,(H,26,30). The zero-order valence-electron chi connectivity index (χ0n) is 17.2. The molecule has 0 bridgehead atoms. The van der Waals surface area contributed by atoms with E-state index in [2.05, 4.69) is 15.5 Å². The SMILES string of the molecule is Cn1c(CSCc2ccc(Cl)cc2Cl)nnc1SCC(=O)Nc1cccc2ccccc12. The summed E-state index contributed by atoms with van der Waals surface area (Å²) >= 11 is 15.2. The Labute approximate surface area is 204 Å². The fourth-order valence-electron chi connectivity index (χ4n) is 3.14. The maximum atomic E-state index is 12.5. The monoisotopic (exact) mass is 502 g/mol. The fourth-order valence-corrected chi connectivity index (χ4v) is 5.43. The summed E-state index contributed by atoms with van der Waals surface area (Å²) in [4.78, 5) is 12.5. The molecule has 0 radical (unpaired) electrons. The first-order chi connectivity index (χ1) is 15.5. The number of fused-ring (bicyclic) bond motifs is 1. The summed E-state index contributed by atoms with van der Waals surface area (Å²) in [5.74, 6) is 2.45. The number of anilines is 1. The zero-order valence-corrected chi connectivity index (χ0v) is 20.4. The molecule has 164 valence electrons. The lowest BCUT2D eigenvalue weighted by Crippen LogP contribution is -2.14. The summed E-state index contributed by atoms with van der Waals surface area (Å²) in [6.45, 7) is 0. The van der Waals surface area contributed by atoms with Crippen LogP contribution in [0.5, 0.6) is 0 Å². The molecule has 0 aliphatic heterocycles. The molecule has 1 aromatic heterocycles. The highest BCUT2D eigenvalue weighted by atomic mass is 35.5. The van der Waals surface area contributed by atoms with E-state index in [4.69, 9.17) is 23.2 Å². The van der Waals surface area contributed by atoms with Crippen molar-refractivity contribution < 1.29 is 4.79 Å². The first-order valence-corrected chi connectivity index (χ1v) is 12.7. The summed E-state index contributed by atoms with van der Waals surface area (Å²) in [6.07, 6.45) is 0. The first kappa shape index (κ1) is 23.0. The van der Waals surface area contributed by atoms with Crippen molar-refractivity contribution >= 4 is 69.1 Å². The molecule has 4 rings (SSSR count). The van der Waals surface area contributed by atoms with Gasteiger partial charge in [0, 0.05) is 33.9 Å². The van der Waals surface area contributed by atoms with Crippen LogP contribution in [0.15, 0.2) is 65.8 Å². The van der Waals surface area contributed by atoms with E-state index >= 15 is 0 Å². The van der Waals surface area contributed by atoms with Gasteiger partial charge in [0.15, 0.2) is 5.16 Å². The van der Waals surface area contributed by atoms with Crippen molar-refractivity contribution in [2.24, 2.45) is 7.05 Å². The minimum absolute atomic E-state index is 0.0809. The summed E-state index contributed by atoms with van der Waals surface area (Å²) in [6, 6.07) is 19.4. The molecule has 0 atom stereocenters. The van der Waals surface area contributed by atoms with Gasteiger partial charge in [-0.05, 0) is 29.1 Å². The van der Waals surface area contributed by atoms with Gasteiger partial charge >= 0.3 is 0 Å². The van der Waals surface area contributed by atoms with Crippen molar-refractivity contribution in [1.82, 2.24) is 14.8 Å². The quantitative estimate of drug-likeness (QED) is 0.281. The Morgan fingerprint density at radius 1 is 1.03 bits per heavy atom. The normalized spacial score (nSPS) is 11.1. The maximum absolute atomic E-state index is 12.5. The van der Waals surface area contributed by atoms with Crippen molar-refractivity contribution in [2.45, 2.75) is 16.7 Å². The Hall–Kier alpha value is -2.19. The Kier molecular flexibility index (Phi) is 7.63. The number of hydrogen-bond donors (Lipinski definition) is 1. The van der Waals surface area contributed by atoms with E-state index in [1.165, 1.54) is 11.8 Å². The second-order valence-electron chi connectivity index (χ2n) is 7.05. The molecule has 0 spiro atoms. The van der Waals surface area contributed by atoms with E-state index in [0.29, 0.717) is 21.0 Å². The number of thioether (sulfide) groups is 2. The Balaban J connectivity index is 1.31. The summed E-state index contributed by atoms with van der Waals surface area (Å²) in [7, 11) is 1.91. The predicted octanol–water partition coefficient (Wildman–Crippen LogP) is 6.44. The van der Waals surface area contributed by atoms with Crippen LogP contribution in [0, 0.1) is 0 Å². The minimum Gasteiger partial charge on any atom is -0.325 e. The van der Waals surface area contributed by atoms with E-state index in [1.807, 2.05) is 66.2 Å². The molecule has 5 nitrogen and oxygen atoms in total. The van der Waals surface area contributed by atoms with E-state index in [1.54, 1.807) is 17.8 Å². The van der Waals surface area contributed by atoms with Gasteiger partial charge in [0.1, 0.15) is 5.82 Å². The minimum atomic E-state index is -0.0809. The molecule has 32 heavy (non-hydrogen) atoms. The largest absolute Gasteiger partial charge is 0.325 e. The van der Waals surface area contributed by atoms with Gasteiger partial charge in [-0.2, -0.15) is 0 Å². The van der Waals surface area contributed by atoms with Crippen LogP contribution in [-0.4, -0.2) is 26.4 Å². The molecule has 0 aliphatic carbocycles. The van der Waals surface area contributed by atoms with E-state index in [0.717, 1.165) is 33.6 Å². The van der Waals surface area contributed by atoms with Gasteiger partial charge in [-0.25, -0.2) is 0 Å². The molecule has 3 aromatic carbocycles. The fraction of sp³-hybridized carbons (Fsp3) is 0.174. The van der Waals surface area contributed by atoms with Crippen LogP contribution in [0.2, 0.25) is 10.0 Å². The van der Waals surface area contributed by atoms with Gasteiger partial charge in [-0.3, -0.25) is 4.79 Å². The van der Waals surface area contributed by atoms with E-state index in [-0.39, 0.29) is 11.7 Å². The van der Waals surface area contributed by atoms with E-state index in [9.17, 15) is 4.79 Å². The summed E-state index contributed by atoms with van der Waals surface area (Å²) in [5, 5.41) is 15.6. The number of carbonyl (C=O) groups is 1. The number of nitrogens with one attached hydrogen (secondary N) is 1. The molecular formula is C23H20Cl2N4OS2. The number of hydrogen-bond acceptors (Lipinski definition) is 5. The molecule has 1 amide bonds. The molecule has 1 N–H and O–H groups in total. The summed E-state index contributed by atoms with van der Waals surface area (Å²) in [5.41, 5.74) is 1.84. The lowest BCUT2D eigenvalue weighted by molar-refractivity contribution is -0.113. The van der Waals surface area contributed by atoms with Gasteiger partial charge < -0.3 is 9.88 Å². The number of amides is 1. The first-order valence-electron chi connectivity index (χ1n) is 9.81. The van der Waals surface area contributed by atoms with Crippen LogP contribution in [0.4, 0.5) is 5.69 Å². The lowest BCUT2D eigenvalue weighted by Gasteiger charge is -2.09. The van der Waals surface area contributed by atoms with Crippen LogP contribution in [0.1, 0.15) is 11.4 Å². The van der Waals surface area contributed by atoms with Crippen molar-refractivity contribution in [2.75, 3.05) is 11.1 Å². The highest BCUT2D eigenvalue weighted by Gasteiger charge is 2.13. The van der Waals surface area contributed by atoms with Gasteiger partial charge in [-0.1, -0.05) is 77.4 Å². The van der Waals surface area contributed by atoms with Crippen molar-refractivity contribution in [3.8, 4) is 0 Å². The second-order valence-corrected chi connectivity index (χ2v) is 9.82. The van der Waals surface area contributed by atoms with Crippen LogP contribution in [0.25, 0.3) is 10.8 Å². The van der Waals surface area contributed by atoms with Gasteiger partial charge in [-0.15, -0.1) is 22.0 Å². The molecule has 4 aromatic rings. The zero-order chi connectivity index (χ0) is 22.5. The van der Waals surface area contributed by atoms with Gasteiger partial charge in [0.25, 0.3) is 0 Å². The van der Waals surface area contributed by atoms with Crippen LogP contribution in [0.3, 0.4) is 0 Å². The van der Waals surface area contributed by atoms with Crippen LogP contribution in [-0.2, 0) is 23.3 Å². The Morgan fingerprint density at radius 2 is 1.84 bits per heavy atom. The van der Waals surface area contributed by atoms with Gasteiger partial charge in [0.05, 0.1) is 11.5 Å². The van der Waals surface area contributed by atoms with Crippen molar-refractivity contribution in [3.63, 3.8) is 0 Å². The van der Waals surface area contributed by atoms with E-state index < -0.39 is 0 Å². The number of nitrogens with zero attached hydrogens (tertiary/aromatic N) is 3. The molecule has 0 aliphatic rings. The number of benzene rings is 3. The predicted molar refractivity (Wildman–Crippen MR) is 136 cm³/mol. The van der Waals surface area contributed by atoms with Gasteiger partial charge in [0.2, 0.25) is 5.91 Å². The maximum Gasteiger partial charge on any atom is 0.234 e. The van der Waals surface area contributed by atoms with Crippen LogP contribution < -0.4 is 5.32 Å². The third-order valence-electron chi connectivity index (χ3n) is 4.83. The third kappa shape index (κ3) is 5.59. The second kappa shape index (κ2) is 10.6. The summed E-state index contributed by atoms with van der Waals surface area (Å²) < 4.78 is 1.92. The topological polar surface area (TPSA) is 59.8 Å².